The average Bonchev–Trinajstić information content (AvgIpc) is 2.81. The van der Waals surface area contributed by atoms with Crippen molar-refractivity contribution < 1.29 is 17.6 Å². The molecule has 3 aromatic rings. The minimum absolute atomic E-state index is 0.125. The number of hydrogen-bond donors (Lipinski definition) is 2. The number of halogens is 1. The summed E-state index contributed by atoms with van der Waals surface area (Å²) in [6.07, 6.45) is 2.73. The van der Waals surface area contributed by atoms with Crippen LogP contribution in [0.4, 0.5) is 4.39 Å². The first-order valence-electron chi connectivity index (χ1n) is 11.0. The number of nitrogens with zero attached hydrogens (tertiary/aromatic N) is 3. The van der Waals surface area contributed by atoms with E-state index in [1.54, 1.807) is 24.3 Å². The number of amides is 1. The molecule has 0 spiro atoms. The van der Waals surface area contributed by atoms with E-state index >= 15 is 0 Å². The maximum absolute atomic E-state index is 13.4. The molecule has 0 radical (unpaired) electrons. The van der Waals surface area contributed by atoms with E-state index in [4.69, 9.17) is 0 Å². The van der Waals surface area contributed by atoms with Crippen LogP contribution in [0, 0.1) is 11.2 Å². The van der Waals surface area contributed by atoms with Gasteiger partial charge < -0.3 is 10.2 Å². The van der Waals surface area contributed by atoms with Crippen molar-refractivity contribution in [2.45, 2.75) is 25.3 Å². The lowest BCUT2D eigenvalue weighted by Crippen LogP contribution is -2.39. The molecule has 0 bridgehead atoms. The van der Waals surface area contributed by atoms with E-state index in [-0.39, 0.29) is 22.4 Å². The summed E-state index contributed by atoms with van der Waals surface area (Å²) in [4.78, 5) is 22.9. The van der Waals surface area contributed by atoms with E-state index in [1.807, 2.05) is 32.8 Å². The lowest BCUT2D eigenvalue weighted by atomic mass is 9.93. The number of carbonyl (C=O) groups excluding carboxylic acids is 1. The minimum Gasteiger partial charge on any atom is -0.348 e. The number of carbonyl (C=O) groups is 1. The topological polar surface area (TPSA) is 104 Å². The average molecular weight is 500 g/mol. The number of aromatic nitrogens is 2. The van der Waals surface area contributed by atoms with Crippen LogP contribution >= 0.6 is 0 Å². The number of benzene rings is 2. The van der Waals surface area contributed by atoms with Crippen molar-refractivity contribution in [3.8, 4) is 11.4 Å². The molecular formula is C25H30FN5O3S. The molecule has 35 heavy (non-hydrogen) atoms. The molecule has 0 unspecified atom stereocenters. The lowest BCUT2D eigenvalue weighted by Gasteiger charge is -2.28. The molecule has 1 amide bonds. The molecule has 0 atom stereocenters. The predicted molar refractivity (Wildman–Crippen MR) is 133 cm³/mol. The van der Waals surface area contributed by atoms with Crippen molar-refractivity contribution in [1.82, 2.24) is 24.9 Å². The van der Waals surface area contributed by atoms with Crippen LogP contribution in [0.2, 0.25) is 0 Å². The summed E-state index contributed by atoms with van der Waals surface area (Å²) in [5, 5.41) is 2.74. The first kappa shape index (κ1) is 26.4. The minimum atomic E-state index is -3.70. The zero-order chi connectivity index (χ0) is 25.6. The predicted octanol–water partition coefficient (Wildman–Crippen LogP) is 3.08. The van der Waals surface area contributed by atoms with Gasteiger partial charge in [0.15, 0.2) is 5.82 Å². The standard InChI is InChI=1S/C25H30FN5O3S/c1-25(2,17-31(3)4)16-30-35(33,34)22-10-5-7-18(11-22)13-29-24(32)20-14-27-23(28-15-20)19-8-6-9-21(26)12-19/h5-12,14-15,30H,13,16-17H2,1-4H3,(H,29,32). The largest absolute Gasteiger partial charge is 0.348 e. The van der Waals surface area contributed by atoms with Gasteiger partial charge in [-0.2, -0.15) is 0 Å². The first-order chi connectivity index (χ1) is 16.4. The molecule has 0 fully saturated rings. The molecule has 0 aliphatic carbocycles. The van der Waals surface area contributed by atoms with Gasteiger partial charge in [-0.05, 0) is 49.3 Å². The highest BCUT2D eigenvalue weighted by Crippen LogP contribution is 2.18. The summed E-state index contributed by atoms with van der Waals surface area (Å²) >= 11 is 0. The van der Waals surface area contributed by atoms with Gasteiger partial charge in [-0.3, -0.25) is 4.79 Å². The van der Waals surface area contributed by atoms with Crippen molar-refractivity contribution in [2.24, 2.45) is 5.41 Å². The van der Waals surface area contributed by atoms with Gasteiger partial charge in [0.2, 0.25) is 10.0 Å². The van der Waals surface area contributed by atoms with Crippen molar-refractivity contribution in [2.75, 3.05) is 27.2 Å². The van der Waals surface area contributed by atoms with Crippen LogP contribution < -0.4 is 10.0 Å². The Kier molecular flexibility index (Phi) is 8.31. The van der Waals surface area contributed by atoms with Crippen LogP contribution in [-0.2, 0) is 16.6 Å². The third kappa shape index (κ3) is 7.64. The fourth-order valence-electron chi connectivity index (χ4n) is 3.61. The third-order valence-electron chi connectivity index (χ3n) is 5.14. The molecule has 0 saturated carbocycles. The summed E-state index contributed by atoms with van der Waals surface area (Å²) in [6, 6.07) is 12.3. The second-order valence-electron chi connectivity index (χ2n) is 9.36. The quantitative estimate of drug-likeness (QED) is 0.444. The van der Waals surface area contributed by atoms with Gasteiger partial charge in [-0.15, -0.1) is 0 Å². The summed E-state index contributed by atoms with van der Waals surface area (Å²) in [5.74, 6) is -0.502. The van der Waals surface area contributed by atoms with Crippen LogP contribution in [0.5, 0.6) is 0 Å². The Bertz CT molecular complexity index is 1280. The van der Waals surface area contributed by atoms with Crippen molar-refractivity contribution in [3.63, 3.8) is 0 Å². The van der Waals surface area contributed by atoms with Gasteiger partial charge in [0, 0.05) is 37.6 Å². The Morgan fingerprint density at radius 2 is 1.74 bits per heavy atom. The van der Waals surface area contributed by atoms with Crippen molar-refractivity contribution >= 4 is 15.9 Å². The summed E-state index contributed by atoms with van der Waals surface area (Å²) < 4.78 is 41.7. The van der Waals surface area contributed by atoms with E-state index < -0.39 is 21.7 Å². The summed E-state index contributed by atoms with van der Waals surface area (Å²) in [5.41, 5.74) is 1.13. The Labute approximate surface area is 205 Å². The highest BCUT2D eigenvalue weighted by atomic mass is 32.2. The van der Waals surface area contributed by atoms with E-state index in [0.29, 0.717) is 23.5 Å². The van der Waals surface area contributed by atoms with Crippen molar-refractivity contribution in [1.29, 1.82) is 0 Å². The van der Waals surface area contributed by atoms with Crippen LogP contribution in [0.25, 0.3) is 11.4 Å². The molecule has 0 aliphatic heterocycles. The maximum atomic E-state index is 13.4. The number of sulfonamides is 1. The second kappa shape index (κ2) is 11.0. The molecule has 2 N–H and O–H groups in total. The molecule has 1 heterocycles. The van der Waals surface area contributed by atoms with Gasteiger partial charge >= 0.3 is 0 Å². The smallest absolute Gasteiger partial charge is 0.254 e. The normalized spacial score (nSPS) is 12.1. The zero-order valence-corrected chi connectivity index (χ0v) is 21.1. The highest BCUT2D eigenvalue weighted by Gasteiger charge is 2.23. The van der Waals surface area contributed by atoms with E-state index in [9.17, 15) is 17.6 Å². The van der Waals surface area contributed by atoms with Crippen LogP contribution in [0.1, 0.15) is 29.8 Å². The molecule has 10 heteroatoms. The Balaban J connectivity index is 1.62. The number of hydrogen-bond acceptors (Lipinski definition) is 6. The number of nitrogens with one attached hydrogen (secondary N) is 2. The maximum Gasteiger partial charge on any atom is 0.254 e. The molecule has 186 valence electrons. The summed E-state index contributed by atoms with van der Waals surface area (Å²) in [6.45, 7) is 5.14. The van der Waals surface area contributed by atoms with Crippen LogP contribution in [-0.4, -0.2) is 56.4 Å². The Morgan fingerprint density at radius 3 is 2.40 bits per heavy atom. The molecule has 2 aromatic carbocycles. The first-order valence-corrected chi connectivity index (χ1v) is 12.5. The van der Waals surface area contributed by atoms with E-state index in [2.05, 4.69) is 20.0 Å². The van der Waals surface area contributed by atoms with Crippen LogP contribution in [0.3, 0.4) is 0 Å². The van der Waals surface area contributed by atoms with Gasteiger partial charge in [-0.25, -0.2) is 27.5 Å². The lowest BCUT2D eigenvalue weighted by molar-refractivity contribution is 0.0950. The van der Waals surface area contributed by atoms with E-state index in [1.165, 1.54) is 36.7 Å². The molecule has 1 aromatic heterocycles. The zero-order valence-electron chi connectivity index (χ0n) is 20.2. The van der Waals surface area contributed by atoms with Gasteiger partial charge in [-0.1, -0.05) is 38.1 Å². The fraction of sp³-hybridized carbons (Fsp3) is 0.320. The fourth-order valence-corrected chi connectivity index (χ4v) is 4.93. The van der Waals surface area contributed by atoms with Crippen molar-refractivity contribution in [3.05, 3.63) is 77.9 Å². The molecule has 0 aliphatic rings. The number of rotatable bonds is 10. The van der Waals surface area contributed by atoms with Gasteiger partial charge in [0.1, 0.15) is 5.82 Å². The highest BCUT2D eigenvalue weighted by molar-refractivity contribution is 7.89. The molecule has 0 saturated heterocycles. The monoisotopic (exact) mass is 499 g/mol. The van der Waals surface area contributed by atoms with Gasteiger partial charge in [0.25, 0.3) is 5.91 Å². The Morgan fingerprint density at radius 1 is 1.06 bits per heavy atom. The second-order valence-corrected chi connectivity index (χ2v) is 11.1. The third-order valence-corrected chi connectivity index (χ3v) is 6.54. The molecule has 8 nitrogen and oxygen atoms in total. The van der Waals surface area contributed by atoms with E-state index in [0.717, 1.165) is 6.54 Å². The van der Waals surface area contributed by atoms with Crippen LogP contribution in [0.15, 0.2) is 65.8 Å². The summed E-state index contributed by atoms with van der Waals surface area (Å²) in [7, 11) is 0.182. The van der Waals surface area contributed by atoms with Gasteiger partial charge in [0.05, 0.1) is 10.5 Å². The Hall–Kier alpha value is -3.21. The SMILES string of the molecule is CN(C)CC(C)(C)CNS(=O)(=O)c1cccc(CNC(=O)c2cnc(-c3cccc(F)c3)nc2)c1. The molecule has 3 rings (SSSR count). The molecular weight excluding hydrogens is 469 g/mol.